The number of hydrogen-bond donors (Lipinski definition) is 1. The summed E-state index contributed by atoms with van der Waals surface area (Å²) in [5, 5.41) is 2.63. The van der Waals surface area contributed by atoms with E-state index in [1.54, 1.807) is 0 Å². The summed E-state index contributed by atoms with van der Waals surface area (Å²) >= 11 is 6.32. The van der Waals surface area contributed by atoms with Gasteiger partial charge in [-0.2, -0.15) is 13.2 Å². The Bertz CT molecular complexity index is 656. The summed E-state index contributed by atoms with van der Waals surface area (Å²) < 4.78 is 53.5. The summed E-state index contributed by atoms with van der Waals surface area (Å²) in [5.41, 5.74) is -0.616. The number of benzene rings is 2. The van der Waals surface area contributed by atoms with Crippen molar-refractivity contribution < 1.29 is 17.6 Å². The van der Waals surface area contributed by atoms with Crippen molar-refractivity contribution in [1.82, 2.24) is 0 Å². The van der Waals surface area contributed by atoms with Crippen molar-refractivity contribution in [3.63, 3.8) is 0 Å². The lowest BCUT2D eigenvalue weighted by Crippen LogP contribution is -2.11. The van der Waals surface area contributed by atoms with Crippen LogP contribution in [0.15, 0.2) is 45.3 Å². The highest BCUT2D eigenvalue weighted by atomic mass is 79.9. The van der Waals surface area contributed by atoms with E-state index in [1.807, 2.05) is 0 Å². The lowest BCUT2D eigenvalue weighted by Gasteiger charge is -2.15. The molecule has 0 aliphatic rings. The molecule has 1 N–H and O–H groups in total. The molecule has 112 valence electrons. The molecule has 0 saturated heterocycles. The maximum absolute atomic E-state index is 13.6. The second kappa shape index (κ2) is 6.36. The van der Waals surface area contributed by atoms with E-state index in [9.17, 15) is 17.6 Å². The average Bonchev–Trinajstić information content (AvgIpc) is 2.38. The SMILES string of the molecule is Fc1ccc(Br)cc1CNc1cc(Br)ccc1C(F)(F)F. The normalized spacial score (nSPS) is 11.5. The molecule has 1 nitrogen and oxygen atoms in total. The molecule has 0 spiro atoms. The third-order valence-electron chi connectivity index (χ3n) is 2.76. The molecular weight excluding hydrogens is 418 g/mol. The lowest BCUT2D eigenvalue weighted by molar-refractivity contribution is -0.137. The van der Waals surface area contributed by atoms with E-state index in [4.69, 9.17) is 0 Å². The molecule has 7 heteroatoms. The highest BCUT2D eigenvalue weighted by Gasteiger charge is 2.33. The number of nitrogens with one attached hydrogen (secondary N) is 1. The Morgan fingerprint density at radius 2 is 1.57 bits per heavy atom. The molecule has 2 rings (SSSR count). The van der Waals surface area contributed by atoms with Crippen LogP contribution in [0.25, 0.3) is 0 Å². The van der Waals surface area contributed by atoms with Gasteiger partial charge in [-0.25, -0.2) is 4.39 Å². The highest BCUT2D eigenvalue weighted by Crippen LogP contribution is 2.36. The zero-order valence-corrected chi connectivity index (χ0v) is 13.6. The van der Waals surface area contributed by atoms with Crippen LogP contribution in [0.4, 0.5) is 23.2 Å². The largest absolute Gasteiger partial charge is 0.418 e. The van der Waals surface area contributed by atoms with Gasteiger partial charge in [0.2, 0.25) is 0 Å². The Morgan fingerprint density at radius 1 is 0.952 bits per heavy atom. The van der Waals surface area contributed by atoms with Crippen molar-refractivity contribution in [2.75, 3.05) is 5.32 Å². The second-order valence-corrected chi connectivity index (χ2v) is 6.11. The first kappa shape index (κ1) is 16.3. The molecule has 0 bridgehead atoms. The number of anilines is 1. The molecule has 0 aromatic heterocycles. The third kappa shape index (κ3) is 4.20. The lowest BCUT2D eigenvalue weighted by atomic mass is 10.1. The van der Waals surface area contributed by atoms with Gasteiger partial charge in [0.1, 0.15) is 5.82 Å². The third-order valence-corrected chi connectivity index (χ3v) is 3.75. The van der Waals surface area contributed by atoms with Gasteiger partial charge in [-0.15, -0.1) is 0 Å². The van der Waals surface area contributed by atoms with Crippen LogP contribution in [0.2, 0.25) is 0 Å². The van der Waals surface area contributed by atoms with Crippen LogP contribution in [0.1, 0.15) is 11.1 Å². The zero-order valence-electron chi connectivity index (χ0n) is 10.4. The van der Waals surface area contributed by atoms with Gasteiger partial charge in [-0.05, 0) is 36.4 Å². The summed E-state index contributed by atoms with van der Waals surface area (Å²) in [5.74, 6) is -0.478. The Balaban J connectivity index is 2.27. The van der Waals surface area contributed by atoms with Crippen LogP contribution in [0.3, 0.4) is 0 Å². The predicted octanol–water partition coefficient (Wildman–Crippen LogP) is 5.98. The van der Waals surface area contributed by atoms with E-state index >= 15 is 0 Å². The fourth-order valence-electron chi connectivity index (χ4n) is 1.78. The summed E-state index contributed by atoms with van der Waals surface area (Å²) in [4.78, 5) is 0. The molecule has 0 aliphatic carbocycles. The molecule has 0 unspecified atom stereocenters. The molecular formula is C14H9Br2F4N. The maximum Gasteiger partial charge on any atom is 0.418 e. The van der Waals surface area contributed by atoms with E-state index in [-0.39, 0.29) is 17.8 Å². The topological polar surface area (TPSA) is 12.0 Å². The van der Waals surface area contributed by atoms with Crippen LogP contribution in [-0.2, 0) is 12.7 Å². The van der Waals surface area contributed by atoms with Gasteiger partial charge in [-0.1, -0.05) is 31.9 Å². The van der Waals surface area contributed by atoms with Crippen molar-refractivity contribution in [2.45, 2.75) is 12.7 Å². The maximum atomic E-state index is 13.6. The van der Waals surface area contributed by atoms with E-state index in [1.165, 1.54) is 30.3 Å². The van der Waals surface area contributed by atoms with E-state index in [0.29, 0.717) is 8.95 Å². The van der Waals surface area contributed by atoms with Gasteiger partial charge in [0.15, 0.2) is 0 Å². The Labute approximate surface area is 135 Å². The fourth-order valence-corrected chi connectivity index (χ4v) is 2.55. The molecule has 0 atom stereocenters. The quantitative estimate of drug-likeness (QED) is 0.595. The first-order valence-electron chi connectivity index (χ1n) is 5.82. The number of rotatable bonds is 3. The van der Waals surface area contributed by atoms with Crippen LogP contribution >= 0.6 is 31.9 Å². The predicted molar refractivity (Wildman–Crippen MR) is 80.6 cm³/mol. The molecule has 0 heterocycles. The number of alkyl halides is 3. The molecule has 2 aromatic rings. The minimum Gasteiger partial charge on any atom is -0.380 e. The second-order valence-electron chi connectivity index (χ2n) is 4.28. The summed E-state index contributed by atoms with van der Waals surface area (Å²) in [6.45, 7) is -0.0508. The first-order valence-corrected chi connectivity index (χ1v) is 7.40. The molecule has 0 radical (unpaired) electrons. The Morgan fingerprint density at radius 3 is 2.24 bits per heavy atom. The Kier molecular flexibility index (Phi) is 4.93. The van der Waals surface area contributed by atoms with Gasteiger partial charge in [0, 0.05) is 26.7 Å². The highest BCUT2D eigenvalue weighted by molar-refractivity contribution is 9.10. The fraction of sp³-hybridized carbons (Fsp3) is 0.143. The number of halogens is 6. The van der Waals surface area contributed by atoms with Gasteiger partial charge < -0.3 is 5.32 Å². The first-order chi connectivity index (χ1) is 9.77. The van der Waals surface area contributed by atoms with Gasteiger partial charge >= 0.3 is 6.18 Å². The van der Waals surface area contributed by atoms with Crippen molar-refractivity contribution in [3.05, 3.63) is 62.3 Å². The summed E-state index contributed by atoms with van der Waals surface area (Å²) in [7, 11) is 0. The smallest absolute Gasteiger partial charge is 0.380 e. The van der Waals surface area contributed by atoms with Crippen LogP contribution in [-0.4, -0.2) is 0 Å². The molecule has 0 aliphatic heterocycles. The van der Waals surface area contributed by atoms with Gasteiger partial charge in [0.25, 0.3) is 0 Å². The molecule has 21 heavy (non-hydrogen) atoms. The van der Waals surface area contributed by atoms with E-state index in [2.05, 4.69) is 37.2 Å². The van der Waals surface area contributed by atoms with Gasteiger partial charge in [0.05, 0.1) is 5.56 Å². The Hall–Kier alpha value is -1.08. The minimum absolute atomic E-state index is 0.0508. The van der Waals surface area contributed by atoms with Crippen molar-refractivity contribution in [3.8, 4) is 0 Å². The van der Waals surface area contributed by atoms with Crippen molar-refractivity contribution in [1.29, 1.82) is 0 Å². The average molecular weight is 427 g/mol. The standard InChI is InChI=1S/C14H9Br2F4N/c15-9-2-4-12(17)8(5-9)7-21-13-6-10(16)1-3-11(13)14(18,19)20/h1-6,21H,7H2. The van der Waals surface area contributed by atoms with E-state index < -0.39 is 17.6 Å². The minimum atomic E-state index is -4.47. The van der Waals surface area contributed by atoms with E-state index in [0.717, 1.165) is 6.07 Å². The van der Waals surface area contributed by atoms with Crippen LogP contribution in [0.5, 0.6) is 0 Å². The van der Waals surface area contributed by atoms with Crippen LogP contribution < -0.4 is 5.32 Å². The van der Waals surface area contributed by atoms with Gasteiger partial charge in [-0.3, -0.25) is 0 Å². The molecule has 0 fully saturated rings. The summed E-state index contributed by atoms with van der Waals surface area (Å²) in [6, 6.07) is 7.91. The zero-order chi connectivity index (χ0) is 15.6. The molecule has 2 aromatic carbocycles. The van der Waals surface area contributed by atoms with Crippen molar-refractivity contribution >= 4 is 37.5 Å². The molecule has 0 saturated carbocycles. The molecule has 0 amide bonds. The summed E-state index contributed by atoms with van der Waals surface area (Å²) in [6.07, 6.45) is -4.47. The monoisotopic (exact) mass is 425 g/mol. The number of hydrogen-bond acceptors (Lipinski definition) is 1. The van der Waals surface area contributed by atoms with Crippen molar-refractivity contribution in [2.24, 2.45) is 0 Å². The van der Waals surface area contributed by atoms with Crippen LogP contribution in [0, 0.1) is 5.82 Å².